The number of amides is 1. The van der Waals surface area contributed by atoms with E-state index >= 15 is 0 Å². The molecule has 0 aliphatic carbocycles. The number of benzene rings is 1. The lowest BCUT2D eigenvalue weighted by Crippen LogP contribution is -2.43. The van der Waals surface area contributed by atoms with Crippen LogP contribution in [0.15, 0.2) is 24.3 Å². The minimum atomic E-state index is -0.146. The predicted octanol–water partition coefficient (Wildman–Crippen LogP) is 1.38. The summed E-state index contributed by atoms with van der Waals surface area (Å²) in [5, 5.41) is 2.96. The fourth-order valence-electron chi connectivity index (χ4n) is 2.34. The Morgan fingerprint density at radius 3 is 3.00 bits per heavy atom. The highest BCUT2D eigenvalue weighted by molar-refractivity contribution is 7.80. The van der Waals surface area contributed by atoms with Gasteiger partial charge in [0.2, 0.25) is 0 Å². The van der Waals surface area contributed by atoms with Crippen LogP contribution in [-0.2, 0) is 9.53 Å². The van der Waals surface area contributed by atoms with Crippen molar-refractivity contribution in [3.05, 3.63) is 29.8 Å². The van der Waals surface area contributed by atoms with Crippen molar-refractivity contribution in [3.63, 3.8) is 0 Å². The lowest BCUT2D eigenvalue weighted by molar-refractivity contribution is -0.124. The minimum absolute atomic E-state index is 0.0502. The zero-order chi connectivity index (χ0) is 15.2. The van der Waals surface area contributed by atoms with Crippen molar-refractivity contribution in [3.8, 4) is 5.75 Å². The Labute approximate surface area is 129 Å². The topological polar surface area (TPSA) is 73.6 Å². The maximum atomic E-state index is 11.9. The van der Waals surface area contributed by atoms with E-state index in [1.165, 1.54) is 0 Å². The third-order valence-electron chi connectivity index (χ3n) is 3.36. The van der Waals surface area contributed by atoms with Crippen LogP contribution in [0.25, 0.3) is 0 Å². The molecule has 2 atom stereocenters. The fraction of sp³-hybridized carbons (Fsp3) is 0.467. The van der Waals surface area contributed by atoms with Crippen molar-refractivity contribution in [2.45, 2.75) is 31.9 Å². The van der Waals surface area contributed by atoms with Crippen LogP contribution in [0.3, 0.4) is 0 Å². The molecule has 0 radical (unpaired) electrons. The van der Waals surface area contributed by atoms with E-state index in [1.807, 2.05) is 19.1 Å². The molecular weight excluding hydrogens is 288 g/mol. The van der Waals surface area contributed by atoms with Gasteiger partial charge in [-0.15, -0.1) is 0 Å². The monoisotopic (exact) mass is 308 g/mol. The SMILES string of the molecule is CC1CC(NC(=O)COc2ccccc2C(N)=S)CCO1. The number of hydrogen-bond donors (Lipinski definition) is 2. The summed E-state index contributed by atoms with van der Waals surface area (Å²) in [5.41, 5.74) is 6.26. The molecule has 0 bridgehead atoms. The van der Waals surface area contributed by atoms with Gasteiger partial charge in [0, 0.05) is 12.6 Å². The number of para-hydroxylation sites is 1. The highest BCUT2D eigenvalue weighted by atomic mass is 32.1. The van der Waals surface area contributed by atoms with E-state index in [-0.39, 0.29) is 29.6 Å². The van der Waals surface area contributed by atoms with E-state index in [4.69, 9.17) is 27.4 Å². The fourth-order valence-corrected chi connectivity index (χ4v) is 2.51. The van der Waals surface area contributed by atoms with E-state index < -0.39 is 0 Å². The molecule has 1 aliphatic rings. The van der Waals surface area contributed by atoms with Gasteiger partial charge in [0.15, 0.2) is 6.61 Å². The molecule has 21 heavy (non-hydrogen) atoms. The summed E-state index contributed by atoms with van der Waals surface area (Å²) in [6, 6.07) is 7.31. The Morgan fingerprint density at radius 1 is 1.52 bits per heavy atom. The van der Waals surface area contributed by atoms with Gasteiger partial charge >= 0.3 is 0 Å². The zero-order valence-corrected chi connectivity index (χ0v) is 12.8. The van der Waals surface area contributed by atoms with Gasteiger partial charge in [0.05, 0.1) is 11.7 Å². The maximum Gasteiger partial charge on any atom is 0.258 e. The Kier molecular flexibility index (Phi) is 5.52. The molecule has 2 rings (SSSR count). The molecule has 6 heteroatoms. The summed E-state index contributed by atoms with van der Waals surface area (Å²) in [5.74, 6) is 0.382. The van der Waals surface area contributed by atoms with Gasteiger partial charge in [0.25, 0.3) is 5.91 Å². The van der Waals surface area contributed by atoms with Gasteiger partial charge in [-0.3, -0.25) is 4.79 Å². The van der Waals surface area contributed by atoms with Gasteiger partial charge in [-0.25, -0.2) is 0 Å². The third-order valence-corrected chi connectivity index (χ3v) is 3.58. The van der Waals surface area contributed by atoms with Gasteiger partial charge in [-0.2, -0.15) is 0 Å². The van der Waals surface area contributed by atoms with Gasteiger partial charge in [-0.1, -0.05) is 24.4 Å². The molecule has 1 fully saturated rings. The Hall–Kier alpha value is -1.66. The molecule has 1 amide bonds. The molecule has 3 N–H and O–H groups in total. The Balaban J connectivity index is 1.85. The Morgan fingerprint density at radius 2 is 2.29 bits per heavy atom. The molecule has 1 saturated heterocycles. The molecule has 0 spiro atoms. The van der Waals surface area contributed by atoms with Crippen LogP contribution in [0.2, 0.25) is 0 Å². The molecule has 114 valence electrons. The average molecular weight is 308 g/mol. The smallest absolute Gasteiger partial charge is 0.258 e. The minimum Gasteiger partial charge on any atom is -0.483 e. The normalized spacial score (nSPS) is 21.6. The van der Waals surface area contributed by atoms with E-state index in [2.05, 4.69) is 5.32 Å². The van der Waals surface area contributed by atoms with Gasteiger partial charge < -0.3 is 20.5 Å². The summed E-state index contributed by atoms with van der Waals surface area (Å²) >= 11 is 4.96. The molecular formula is C15H20N2O3S. The average Bonchev–Trinajstić information content (AvgIpc) is 2.45. The number of thiocarbonyl (C=S) groups is 1. The first kappa shape index (κ1) is 15.7. The lowest BCUT2D eigenvalue weighted by atomic mass is 10.0. The molecule has 2 unspecified atom stereocenters. The van der Waals surface area contributed by atoms with Gasteiger partial charge in [-0.05, 0) is 31.9 Å². The summed E-state index contributed by atoms with van der Waals surface area (Å²) in [7, 11) is 0. The van der Waals surface area contributed by atoms with E-state index in [1.54, 1.807) is 12.1 Å². The lowest BCUT2D eigenvalue weighted by Gasteiger charge is -2.27. The number of carbonyl (C=O) groups excluding carboxylic acids is 1. The van der Waals surface area contributed by atoms with Gasteiger partial charge in [0.1, 0.15) is 10.7 Å². The Bertz CT molecular complexity index is 521. The highest BCUT2D eigenvalue weighted by Gasteiger charge is 2.21. The second-order valence-electron chi connectivity index (χ2n) is 5.12. The zero-order valence-electron chi connectivity index (χ0n) is 12.0. The summed E-state index contributed by atoms with van der Waals surface area (Å²) < 4.78 is 11.0. The van der Waals surface area contributed by atoms with Crippen LogP contribution in [0.4, 0.5) is 0 Å². The number of nitrogens with one attached hydrogen (secondary N) is 1. The molecule has 1 heterocycles. The van der Waals surface area contributed by atoms with E-state index in [9.17, 15) is 4.79 Å². The standard InChI is InChI=1S/C15H20N2O3S/c1-10-8-11(6-7-19-10)17-14(18)9-20-13-5-3-2-4-12(13)15(16)21/h2-5,10-11H,6-9H2,1H3,(H2,16,21)(H,17,18). The van der Waals surface area contributed by atoms with Crippen molar-refractivity contribution < 1.29 is 14.3 Å². The van der Waals surface area contributed by atoms with Crippen molar-refractivity contribution >= 4 is 23.1 Å². The molecule has 1 aromatic carbocycles. The summed E-state index contributed by atoms with van der Waals surface area (Å²) in [6.45, 7) is 2.63. The first-order chi connectivity index (χ1) is 10.1. The van der Waals surface area contributed by atoms with Crippen LogP contribution in [0, 0.1) is 0 Å². The third kappa shape index (κ3) is 4.68. The second-order valence-corrected chi connectivity index (χ2v) is 5.56. The van der Waals surface area contributed by atoms with Crippen LogP contribution in [0.5, 0.6) is 5.75 Å². The molecule has 0 saturated carbocycles. The van der Waals surface area contributed by atoms with Crippen LogP contribution in [0.1, 0.15) is 25.3 Å². The number of hydrogen-bond acceptors (Lipinski definition) is 4. The first-order valence-electron chi connectivity index (χ1n) is 6.99. The predicted molar refractivity (Wildman–Crippen MR) is 84.4 cm³/mol. The second kappa shape index (κ2) is 7.38. The van der Waals surface area contributed by atoms with Crippen molar-refractivity contribution in [1.82, 2.24) is 5.32 Å². The van der Waals surface area contributed by atoms with Crippen LogP contribution >= 0.6 is 12.2 Å². The molecule has 1 aliphatic heterocycles. The quantitative estimate of drug-likeness (QED) is 0.804. The largest absolute Gasteiger partial charge is 0.483 e. The van der Waals surface area contributed by atoms with Crippen LogP contribution in [-0.4, -0.2) is 36.3 Å². The molecule has 5 nitrogen and oxygen atoms in total. The van der Waals surface area contributed by atoms with E-state index in [0.717, 1.165) is 12.8 Å². The van der Waals surface area contributed by atoms with Crippen molar-refractivity contribution in [2.75, 3.05) is 13.2 Å². The van der Waals surface area contributed by atoms with Crippen molar-refractivity contribution in [1.29, 1.82) is 0 Å². The maximum absolute atomic E-state index is 11.9. The van der Waals surface area contributed by atoms with E-state index in [0.29, 0.717) is 17.9 Å². The summed E-state index contributed by atoms with van der Waals surface area (Å²) in [6.07, 6.45) is 1.84. The highest BCUT2D eigenvalue weighted by Crippen LogP contribution is 2.18. The first-order valence-corrected chi connectivity index (χ1v) is 7.39. The number of ether oxygens (including phenoxy) is 2. The summed E-state index contributed by atoms with van der Waals surface area (Å²) in [4.78, 5) is 12.2. The number of nitrogens with two attached hydrogens (primary N) is 1. The number of rotatable bonds is 5. The van der Waals surface area contributed by atoms with Crippen LogP contribution < -0.4 is 15.8 Å². The molecule has 0 aromatic heterocycles. The van der Waals surface area contributed by atoms with Crippen molar-refractivity contribution in [2.24, 2.45) is 5.73 Å². The number of carbonyl (C=O) groups is 1. The molecule has 1 aromatic rings.